The molecule has 2 N–H and O–H groups in total. The van der Waals surface area contributed by atoms with E-state index in [9.17, 15) is 0 Å². The SMILES string of the molecule is NCCCn1cc(-c2cncc3ccccc23)nn1. The van der Waals surface area contributed by atoms with Crippen LogP contribution in [0.4, 0.5) is 0 Å². The molecule has 0 radical (unpaired) electrons. The summed E-state index contributed by atoms with van der Waals surface area (Å²) in [5.74, 6) is 0. The fraction of sp³-hybridized carbons (Fsp3) is 0.214. The minimum atomic E-state index is 0.658. The van der Waals surface area contributed by atoms with E-state index in [1.54, 1.807) is 0 Å². The van der Waals surface area contributed by atoms with Gasteiger partial charge in [-0.3, -0.25) is 9.67 Å². The van der Waals surface area contributed by atoms with Crippen molar-refractivity contribution in [3.63, 3.8) is 0 Å². The number of aryl methyl sites for hydroxylation is 1. The van der Waals surface area contributed by atoms with E-state index >= 15 is 0 Å². The maximum absolute atomic E-state index is 5.50. The zero-order valence-corrected chi connectivity index (χ0v) is 10.5. The lowest BCUT2D eigenvalue weighted by Gasteiger charge is -2.02. The van der Waals surface area contributed by atoms with Crippen LogP contribution in [0.25, 0.3) is 22.0 Å². The molecule has 0 bridgehead atoms. The molecule has 3 aromatic rings. The Morgan fingerprint density at radius 2 is 2.05 bits per heavy atom. The summed E-state index contributed by atoms with van der Waals surface area (Å²) < 4.78 is 1.82. The lowest BCUT2D eigenvalue weighted by Crippen LogP contribution is -2.06. The molecule has 0 amide bonds. The molecule has 2 heterocycles. The molecule has 0 fully saturated rings. The van der Waals surface area contributed by atoms with Gasteiger partial charge in [-0.15, -0.1) is 5.10 Å². The lowest BCUT2D eigenvalue weighted by molar-refractivity contribution is 0.564. The van der Waals surface area contributed by atoms with Gasteiger partial charge in [0, 0.05) is 29.9 Å². The smallest absolute Gasteiger partial charge is 0.115 e. The molecule has 1 aromatic carbocycles. The van der Waals surface area contributed by atoms with Crippen molar-refractivity contribution in [2.45, 2.75) is 13.0 Å². The van der Waals surface area contributed by atoms with Gasteiger partial charge in [0.05, 0.1) is 6.20 Å². The zero-order valence-electron chi connectivity index (χ0n) is 10.5. The highest BCUT2D eigenvalue weighted by molar-refractivity contribution is 5.94. The first-order valence-electron chi connectivity index (χ1n) is 6.32. The van der Waals surface area contributed by atoms with E-state index in [1.165, 1.54) is 0 Å². The Bertz CT molecular complexity index is 684. The summed E-state index contributed by atoms with van der Waals surface area (Å²) in [5, 5.41) is 10.6. The van der Waals surface area contributed by atoms with Crippen molar-refractivity contribution in [3.05, 3.63) is 42.9 Å². The minimum Gasteiger partial charge on any atom is -0.330 e. The Labute approximate surface area is 111 Å². The summed E-state index contributed by atoms with van der Waals surface area (Å²) in [4.78, 5) is 4.26. The molecule has 0 aliphatic heterocycles. The molecule has 3 rings (SSSR count). The van der Waals surface area contributed by atoms with Gasteiger partial charge in [0.25, 0.3) is 0 Å². The second-order valence-electron chi connectivity index (χ2n) is 4.42. The number of nitrogens with two attached hydrogens (primary N) is 1. The van der Waals surface area contributed by atoms with Crippen LogP contribution in [-0.2, 0) is 6.54 Å². The van der Waals surface area contributed by atoms with Crippen molar-refractivity contribution in [2.24, 2.45) is 5.73 Å². The van der Waals surface area contributed by atoms with Gasteiger partial charge in [-0.2, -0.15) is 0 Å². The Balaban J connectivity index is 2.02. The average molecular weight is 253 g/mol. The normalized spacial score (nSPS) is 11.0. The molecule has 0 unspecified atom stereocenters. The molecule has 19 heavy (non-hydrogen) atoms. The van der Waals surface area contributed by atoms with E-state index in [0.29, 0.717) is 6.54 Å². The summed E-state index contributed by atoms with van der Waals surface area (Å²) in [6.07, 6.45) is 6.53. The quantitative estimate of drug-likeness (QED) is 0.770. The molecule has 0 atom stereocenters. The van der Waals surface area contributed by atoms with Crippen molar-refractivity contribution in [1.82, 2.24) is 20.0 Å². The van der Waals surface area contributed by atoms with Gasteiger partial charge in [0.15, 0.2) is 0 Å². The van der Waals surface area contributed by atoms with Crippen LogP contribution in [0, 0.1) is 0 Å². The third kappa shape index (κ3) is 2.32. The van der Waals surface area contributed by atoms with Crippen LogP contribution in [-0.4, -0.2) is 26.5 Å². The van der Waals surface area contributed by atoms with Crippen molar-refractivity contribution in [3.8, 4) is 11.3 Å². The number of nitrogens with zero attached hydrogens (tertiary/aromatic N) is 4. The number of benzene rings is 1. The summed E-state index contributed by atoms with van der Waals surface area (Å²) in [7, 11) is 0. The molecule has 0 spiro atoms. The second kappa shape index (κ2) is 5.16. The Hall–Kier alpha value is -2.27. The summed E-state index contributed by atoms with van der Waals surface area (Å²) in [6.45, 7) is 1.45. The Morgan fingerprint density at radius 3 is 2.95 bits per heavy atom. The summed E-state index contributed by atoms with van der Waals surface area (Å²) in [6, 6.07) is 8.15. The van der Waals surface area contributed by atoms with E-state index < -0.39 is 0 Å². The number of pyridine rings is 1. The van der Waals surface area contributed by atoms with Crippen molar-refractivity contribution >= 4 is 10.8 Å². The fourth-order valence-corrected chi connectivity index (χ4v) is 2.11. The third-order valence-electron chi connectivity index (χ3n) is 3.07. The van der Waals surface area contributed by atoms with Crippen LogP contribution in [0.5, 0.6) is 0 Å². The van der Waals surface area contributed by atoms with Crippen LogP contribution in [0.3, 0.4) is 0 Å². The predicted octanol–water partition coefficient (Wildman–Crippen LogP) is 1.84. The molecule has 0 aliphatic rings. The minimum absolute atomic E-state index is 0.658. The molecule has 96 valence electrons. The van der Waals surface area contributed by atoms with Crippen molar-refractivity contribution < 1.29 is 0 Å². The van der Waals surface area contributed by atoms with Gasteiger partial charge in [-0.05, 0) is 18.4 Å². The van der Waals surface area contributed by atoms with Crippen LogP contribution < -0.4 is 5.73 Å². The molecule has 0 saturated heterocycles. The average Bonchev–Trinajstić information content (AvgIpc) is 2.93. The molecular weight excluding hydrogens is 238 g/mol. The lowest BCUT2D eigenvalue weighted by atomic mass is 10.1. The molecule has 0 aliphatic carbocycles. The second-order valence-corrected chi connectivity index (χ2v) is 4.42. The topological polar surface area (TPSA) is 69.6 Å². The molecule has 2 aromatic heterocycles. The first-order chi connectivity index (χ1) is 9.38. The van der Waals surface area contributed by atoms with E-state index in [2.05, 4.69) is 21.4 Å². The third-order valence-corrected chi connectivity index (χ3v) is 3.07. The van der Waals surface area contributed by atoms with Crippen LogP contribution in [0.1, 0.15) is 6.42 Å². The molecular formula is C14H15N5. The molecule has 5 nitrogen and oxygen atoms in total. The van der Waals surface area contributed by atoms with Crippen molar-refractivity contribution in [1.29, 1.82) is 0 Å². The fourth-order valence-electron chi connectivity index (χ4n) is 2.11. The Morgan fingerprint density at radius 1 is 1.16 bits per heavy atom. The molecule has 0 saturated carbocycles. The van der Waals surface area contributed by atoms with E-state index in [4.69, 9.17) is 5.73 Å². The van der Waals surface area contributed by atoms with Gasteiger partial charge in [0.2, 0.25) is 0 Å². The van der Waals surface area contributed by atoms with E-state index in [0.717, 1.165) is 35.0 Å². The number of rotatable bonds is 4. The first-order valence-corrected chi connectivity index (χ1v) is 6.32. The van der Waals surface area contributed by atoms with E-state index in [-0.39, 0.29) is 0 Å². The predicted molar refractivity (Wildman–Crippen MR) is 74.4 cm³/mol. The summed E-state index contributed by atoms with van der Waals surface area (Å²) >= 11 is 0. The van der Waals surface area contributed by atoms with E-state index in [1.807, 2.05) is 41.5 Å². The van der Waals surface area contributed by atoms with Gasteiger partial charge < -0.3 is 5.73 Å². The Kier molecular flexibility index (Phi) is 3.20. The van der Waals surface area contributed by atoms with Gasteiger partial charge in [0.1, 0.15) is 5.69 Å². The number of hydrogen-bond acceptors (Lipinski definition) is 4. The maximum atomic E-state index is 5.50. The number of fused-ring (bicyclic) bond motifs is 1. The van der Waals surface area contributed by atoms with Gasteiger partial charge >= 0.3 is 0 Å². The molecule has 5 heteroatoms. The largest absolute Gasteiger partial charge is 0.330 e. The highest BCUT2D eigenvalue weighted by atomic mass is 15.4. The van der Waals surface area contributed by atoms with Gasteiger partial charge in [-0.1, -0.05) is 29.5 Å². The number of hydrogen-bond donors (Lipinski definition) is 1. The highest BCUT2D eigenvalue weighted by Crippen LogP contribution is 2.25. The van der Waals surface area contributed by atoms with Crippen molar-refractivity contribution in [2.75, 3.05) is 6.54 Å². The number of aromatic nitrogens is 4. The monoisotopic (exact) mass is 253 g/mol. The van der Waals surface area contributed by atoms with Gasteiger partial charge in [-0.25, -0.2) is 0 Å². The zero-order chi connectivity index (χ0) is 13.1. The van der Waals surface area contributed by atoms with Crippen LogP contribution >= 0.6 is 0 Å². The highest BCUT2D eigenvalue weighted by Gasteiger charge is 2.08. The maximum Gasteiger partial charge on any atom is 0.115 e. The standard InChI is InChI=1S/C14H15N5/c15-6-3-7-19-10-14(17-18-19)13-9-16-8-11-4-1-2-5-12(11)13/h1-2,4-5,8-10H,3,6-7,15H2. The first kappa shape index (κ1) is 11.8. The van der Waals surface area contributed by atoms with Crippen LogP contribution in [0.15, 0.2) is 42.9 Å². The van der Waals surface area contributed by atoms with Crippen LogP contribution in [0.2, 0.25) is 0 Å². The summed E-state index contributed by atoms with van der Waals surface area (Å²) in [5.41, 5.74) is 7.36.